The maximum absolute atomic E-state index is 12.8. The molecule has 166 valence electrons. The van der Waals surface area contributed by atoms with E-state index in [0.717, 1.165) is 11.3 Å². The molecule has 0 aromatic heterocycles. The third-order valence-corrected chi connectivity index (χ3v) is 5.28. The van der Waals surface area contributed by atoms with Gasteiger partial charge in [-0.15, -0.1) is 0 Å². The lowest BCUT2D eigenvalue weighted by Gasteiger charge is -2.23. The van der Waals surface area contributed by atoms with Gasteiger partial charge in [-0.1, -0.05) is 18.2 Å². The number of carbonyl (C=O) groups is 3. The number of aliphatic imine (C=N–C) groups is 1. The van der Waals surface area contributed by atoms with Crippen LogP contribution in [-0.2, 0) is 20.9 Å². The Balaban J connectivity index is 1.31. The first-order valence-corrected chi connectivity index (χ1v) is 10.5. The fourth-order valence-corrected chi connectivity index (χ4v) is 3.63. The number of amides is 3. The summed E-state index contributed by atoms with van der Waals surface area (Å²) < 4.78 is 5.84. The average Bonchev–Trinajstić information content (AvgIpc) is 3.17. The number of anilines is 1. The summed E-state index contributed by atoms with van der Waals surface area (Å²) in [6, 6.07) is 14.8. The van der Waals surface area contributed by atoms with Gasteiger partial charge in [0.2, 0.25) is 23.7 Å². The average molecular weight is 435 g/mol. The highest BCUT2D eigenvalue weighted by atomic mass is 16.5. The van der Waals surface area contributed by atoms with Crippen molar-refractivity contribution >= 4 is 35.1 Å². The summed E-state index contributed by atoms with van der Waals surface area (Å²) in [7, 11) is 1.55. The first-order valence-electron chi connectivity index (χ1n) is 10.5. The number of benzene rings is 2. The van der Waals surface area contributed by atoms with E-state index in [1.54, 1.807) is 7.05 Å². The minimum atomic E-state index is -0.228. The molecule has 1 fully saturated rings. The standard InChI is InChI=1S/C23H25N5O4/c1-24-20(29)15-28(17-6-3-2-4-7-17)22(31)8-5-11-32-18-9-10-19-16(12-18)13-27-14-21(30)26-23(27)25-19/h2-4,6-7,9-10,12H,5,8,11,13-15H2,1H3,(H,24,29)(H,25,26,30). The van der Waals surface area contributed by atoms with Crippen LogP contribution in [0, 0.1) is 0 Å². The van der Waals surface area contributed by atoms with Crippen LogP contribution in [0.25, 0.3) is 0 Å². The molecule has 0 bridgehead atoms. The van der Waals surface area contributed by atoms with E-state index in [4.69, 9.17) is 4.74 Å². The van der Waals surface area contributed by atoms with E-state index >= 15 is 0 Å². The summed E-state index contributed by atoms with van der Waals surface area (Å²) in [6.45, 7) is 1.24. The van der Waals surface area contributed by atoms with E-state index in [1.165, 1.54) is 4.90 Å². The van der Waals surface area contributed by atoms with Gasteiger partial charge in [0.05, 0.1) is 12.3 Å². The number of para-hydroxylation sites is 1. The highest BCUT2D eigenvalue weighted by molar-refractivity contribution is 6.05. The zero-order valence-electron chi connectivity index (χ0n) is 17.8. The number of hydrogen-bond acceptors (Lipinski definition) is 6. The SMILES string of the molecule is CNC(=O)CN(C(=O)CCCOc1ccc2c(c1)CN1CC(=O)NC1=N2)c1ccccc1. The van der Waals surface area contributed by atoms with Crippen molar-refractivity contribution in [2.45, 2.75) is 19.4 Å². The molecule has 2 heterocycles. The summed E-state index contributed by atoms with van der Waals surface area (Å²) in [5.41, 5.74) is 2.49. The molecule has 0 spiro atoms. The Morgan fingerprint density at radius 1 is 1.19 bits per heavy atom. The molecule has 3 amide bonds. The lowest BCUT2D eigenvalue weighted by atomic mass is 10.1. The van der Waals surface area contributed by atoms with Gasteiger partial charge in [0.15, 0.2) is 0 Å². The maximum Gasteiger partial charge on any atom is 0.246 e. The van der Waals surface area contributed by atoms with Crippen molar-refractivity contribution in [3.8, 4) is 5.75 Å². The predicted molar refractivity (Wildman–Crippen MR) is 120 cm³/mol. The van der Waals surface area contributed by atoms with Gasteiger partial charge < -0.3 is 19.9 Å². The van der Waals surface area contributed by atoms with Crippen molar-refractivity contribution in [3.63, 3.8) is 0 Å². The Labute approximate surface area is 186 Å². The first-order chi connectivity index (χ1) is 15.5. The van der Waals surface area contributed by atoms with E-state index in [9.17, 15) is 14.4 Å². The van der Waals surface area contributed by atoms with E-state index < -0.39 is 0 Å². The molecule has 2 aromatic rings. The molecular formula is C23H25N5O4. The number of nitrogens with one attached hydrogen (secondary N) is 2. The van der Waals surface area contributed by atoms with E-state index in [0.29, 0.717) is 43.5 Å². The monoisotopic (exact) mass is 435 g/mol. The molecule has 0 unspecified atom stereocenters. The Morgan fingerprint density at radius 2 is 2.00 bits per heavy atom. The van der Waals surface area contributed by atoms with Crippen LogP contribution in [0.4, 0.5) is 11.4 Å². The van der Waals surface area contributed by atoms with Gasteiger partial charge >= 0.3 is 0 Å². The molecule has 1 saturated heterocycles. The normalized spacial score (nSPS) is 14.1. The molecule has 4 rings (SSSR count). The summed E-state index contributed by atoms with van der Waals surface area (Å²) in [5, 5.41) is 5.30. The van der Waals surface area contributed by atoms with Crippen LogP contribution in [0.15, 0.2) is 53.5 Å². The number of nitrogens with zero attached hydrogens (tertiary/aromatic N) is 3. The Bertz CT molecular complexity index is 1050. The molecule has 2 aliphatic heterocycles. The molecule has 9 nitrogen and oxygen atoms in total. The third kappa shape index (κ3) is 4.88. The fraction of sp³-hybridized carbons (Fsp3) is 0.304. The molecule has 0 aliphatic carbocycles. The van der Waals surface area contributed by atoms with Crippen molar-refractivity contribution < 1.29 is 19.1 Å². The minimum absolute atomic E-state index is 0.0264. The molecule has 2 aromatic carbocycles. The smallest absolute Gasteiger partial charge is 0.246 e. The van der Waals surface area contributed by atoms with Crippen LogP contribution in [0.3, 0.4) is 0 Å². The molecule has 2 aliphatic rings. The molecular weight excluding hydrogens is 410 g/mol. The van der Waals surface area contributed by atoms with Gasteiger partial charge in [0.25, 0.3) is 0 Å². The van der Waals surface area contributed by atoms with E-state index in [2.05, 4.69) is 15.6 Å². The number of likely N-dealkylation sites (N-methyl/N-ethyl adjacent to an activating group) is 1. The van der Waals surface area contributed by atoms with E-state index in [-0.39, 0.29) is 30.7 Å². The predicted octanol–water partition coefficient (Wildman–Crippen LogP) is 1.56. The van der Waals surface area contributed by atoms with Crippen molar-refractivity contribution in [3.05, 3.63) is 54.1 Å². The second-order valence-electron chi connectivity index (χ2n) is 7.57. The summed E-state index contributed by atoms with van der Waals surface area (Å²) >= 11 is 0. The first kappa shape index (κ1) is 21.4. The van der Waals surface area contributed by atoms with Crippen LogP contribution in [0.2, 0.25) is 0 Å². The van der Waals surface area contributed by atoms with Gasteiger partial charge in [-0.3, -0.25) is 19.7 Å². The third-order valence-electron chi connectivity index (χ3n) is 5.28. The number of carbonyl (C=O) groups excluding carboxylic acids is 3. The zero-order valence-corrected chi connectivity index (χ0v) is 17.8. The summed E-state index contributed by atoms with van der Waals surface area (Å²) in [5.74, 6) is 0.863. The van der Waals surface area contributed by atoms with E-state index in [1.807, 2.05) is 53.4 Å². The second-order valence-corrected chi connectivity index (χ2v) is 7.57. The topological polar surface area (TPSA) is 103 Å². The van der Waals surface area contributed by atoms with Crippen LogP contribution >= 0.6 is 0 Å². The number of ether oxygens (including phenoxy) is 1. The van der Waals surface area contributed by atoms with Crippen LogP contribution in [-0.4, -0.2) is 55.3 Å². The molecule has 0 radical (unpaired) electrons. The van der Waals surface area contributed by atoms with Crippen molar-refractivity contribution in [2.24, 2.45) is 4.99 Å². The number of hydrogen-bond donors (Lipinski definition) is 2. The molecule has 0 atom stereocenters. The van der Waals surface area contributed by atoms with Crippen LogP contribution in [0.5, 0.6) is 5.75 Å². The quantitative estimate of drug-likeness (QED) is 0.613. The van der Waals surface area contributed by atoms with Crippen molar-refractivity contribution in [1.82, 2.24) is 15.5 Å². The van der Waals surface area contributed by atoms with Gasteiger partial charge in [-0.25, -0.2) is 4.99 Å². The molecule has 9 heteroatoms. The lowest BCUT2D eigenvalue weighted by molar-refractivity contribution is -0.123. The second kappa shape index (κ2) is 9.51. The van der Waals surface area contributed by atoms with Gasteiger partial charge in [-0.2, -0.15) is 0 Å². The Morgan fingerprint density at radius 3 is 2.78 bits per heavy atom. The number of rotatable bonds is 8. The van der Waals surface area contributed by atoms with Crippen LogP contribution in [0.1, 0.15) is 18.4 Å². The van der Waals surface area contributed by atoms with Crippen molar-refractivity contribution in [1.29, 1.82) is 0 Å². The van der Waals surface area contributed by atoms with Crippen molar-refractivity contribution in [2.75, 3.05) is 31.6 Å². The molecule has 0 saturated carbocycles. The molecule has 32 heavy (non-hydrogen) atoms. The van der Waals surface area contributed by atoms with Gasteiger partial charge in [0, 0.05) is 31.3 Å². The largest absolute Gasteiger partial charge is 0.494 e. The highest BCUT2D eigenvalue weighted by Crippen LogP contribution is 2.30. The Kier molecular flexibility index (Phi) is 6.34. The highest BCUT2D eigenvalue weighted by Gasteiger charge is 2.29. The fourth-order valence-electron chi connectivity index (χ4n) is 3.63. The number of guanidine groups is 1. The zero-order chi connectivity index (χ0) is 22.5. The molecule has 2 N–H and O–H groups in total. The van der Waals surface area contributed by atoms with Gasteiger partial charge in [-0.05, 0) is 36.8 Å². The van der Waals surface area contributed by atoms with Crippen LogP contribution < -0.4 is 20.3 Å². The maximum atomic E-state index is 12.8. The number of fused-ring (bicyclic) bond motifs is 2. The Hall–Kier alpha value is -3.88. The van der Waals surface area contributed by atoms with Gasteiger partial charge in [0.1, 0.15) is 18.8 Å². The lowest BCUT2D eigenvalue weighted by Crippen LogP contribution is -2.39. The summed E-state index contributed by atoms with van der Waals surface area (Å²) in [6.07, 6.45) is 0.770. The minimum Gasteiger partial charge on any atom is -0.494 e. The summed E-state index contributed by atoms with van der Waals surface area (Å²) in [4.78, 5) is 44.0.